The van der Waals surface area contributed by atoms with Gasteiger partial charge in [0.25, 0.3) is 5.91 Å². The Hall–Kier alpha value is -2.69. The van der Waals surface area contributed by atoms with Crippen LogP contribution in [-0.4, -0.2) is 29.9 Å². The molecule has 2 aromatic carbocycles. The van der Waals surface area contributed by atoms with Gasteiger partial charge in [0.15, 0.2) is 0 Å². The molecule has 0 aromatic heterocycles. The van der Waals surface area contributed by atoms with E-state index in [1.54, 1.807) is 23.1 Å². The fraction of sp³-hybridized carbons (Fsp3) is 0.263. The van der Waals surface area contributed by atoms with Crippen molar-refractivity contribution in [2.75, 3.05) is 18.1 Å². The van der Waals surface area contributed by atoms with Crippen molar-refractivity contribution in [3.05, 3.63) is 65.5 Å². The number of halogens is 1. The Morgan fingerprint density at radius 2 is 1.88 bits per heavy atom. The summed E-state index contributed by atoms with van der Waals surface area (Å²) >= 11 is 0. The van der Waals surface area contributed by atoms with E-state index in [0.717, 1.165) is 12.0 Å². The Kier molecular flexibility index (Phi) is 4.60. The van der Waals surface area contributed by atoms with Crippen LogP contribution >= 0.6 is 0 Å². The van der Waals surface area contributed by atoms with Crippen molar-refractivity contribution in [1.29, 1.82) is 0 Å². The second-order valence-corrected chi connectivity index (χ2v) is 5.93. The fourth-order valence-corrected chi connectivity index (χ4v) is 2.87. The number of anilines is 1. The summed E-state index contributed by atoms with van der Waals surface area (Å²) in [6, 6.07) is 13.1. The third-order valence-corrected chi connectivity index (χ3v) is 4.24. The van der Waals surface area contributed by atoms with E-state index in [9.17, 15) is 14.0 Å². The Balaban J connectivity index is 1.94. The number of carbonyl (C=O) groups excluding carboxylic acids is 2. The number of likely N-dealkylation sites (tertiary alicyclic amines) is 1. The monoisotopic (exact) mass is 326 g/mol. The maximum Gasteiger partial charge on any atom is 0.260 e. The molecule has 24 heavy (non-hydrogen) atoms. The fourth-order valence-electron chi connectivity index (χ4n) is 2.87. The Bertz CT molecular complexity index is 758. The van der Waals surface area contributed by atoms with Crippen LogP contribution in [0, 0.1) is 12.7 Å². The van der Waals surface area contributed by atoms with Gasteiger partial charge in [-0.1, -0.05) is 18.2 Å². The van der Waals surface area contributed by atoms with E-state index in [4.69, 9.17) is 0 Å². The highest BCUT2D eigenvalue weighted by atomic mass is 19.1. The first-order valence-electron chi connectivity index (χ1n) is 7.97. The third-order valence-electron chi connectivity index (χ3n) is 4.24. The number of amides is 2. The third kappa shape index (κ3) is 3.30. The maximum absolute atomic E-state index is 13.2. The lowest BCUT2D eigenvalue weighted by atomic mass is 10.1. The molecular formula is C19H19FN2O2. The van der Waals surface area contributed by atoms with E-state index >= 15 is 0 Å². The number of hydrogen-bond donors (Lipinski definition) is 0. The number of nitrogens with zero attached hydrogens (tertiary/aromatic N) is 2. The molecule has 1 heterocycles. The van der Waals surface area contributed by atoms with Gasteiger partial charge < -0.3 is 4.90 Å². The van der Waals surface area contributed by atoms with Gasteiger partial charge in [-0.15, -0.1) is 0 Å². The Labute approximate surface area is 140 Å². The van der Waals surface area contributed by atoms with E-state index < -0.39 is 0 Å². The molecule has 0 aliphatic carbocycles. The molecule has 4 nitrogen and oxygen atoms in total. The van der Waals surface area contributed by atoms with Crippen LogP contribution in [0.2, 0.25) is 0 Å². The largest absolute Gasteiger partial charge is 0.324 e. The normalized spacial score (nSPS) is 14.1. The van der Waals surface area contributed by atoms with E-state index in [1.807, 2.05) is 25.1 Å². The van der Waals surface area contributed by atoms with E-state index in [-0.39, 0.29) is 24.3 Å². The van der Waals surface area contributed by atoms with Gasteiger partial charge in [-0.05, 0) is 49.2 Å². The summed E-state index contributed by atoms with van der Waals surface area (Å²) in [6.07, 6.45) is 1.31. The van der Waals surface area contributed by atoms with Crippen molar-refractivity contribution in [1.82, 2.24) is 4.90 Å². The van der Waals surface area contributed by atoms with Crippen molar-refractivity contribution >= 4 is 17.5 Å². The first-order chi connectivity index (χ1) is 11.6. The number of hydrogen-bond acceptors (Lipinski definition) is 2. The molecule has 1 fully saturated rings. The van der Waals surface area contributed by atoms with Gasteiger partial charge >= 0.3 is 0 Å². The van der Waals surface area contributed by atoms with Gasteiger partial charge in [0.2, 0.25) is 5.91 Å². The second kappa shape index (κ2) is 6.83. The molecule has 5 heteroatoms. The Morgan fingerprint density at radius 1 is 1.17 bits per heavy atom. The zero-order chi connectivity index (χ0) is 17.1. The summed E-state index contributed by atoms with van der Waals surface area (Å²) in [5.41, 5.74) is 2.01. The topological polar surface area (TPSA) is 40.6 Å². The van der Waals surface area contributed by atoms with Crippen LogP contribution in [0.15, 0.2) is 48.5 Å². The Morgan fingerprint density at radius 3 is 2.50 bits per heavy atom. The molecule has 0 atom stereocenters. The second-order valence-electron chi connectivity index (χ2n) is 5.93. The van der Waals surface area contributed by atoms with Gasteiger partial charge in [0.05, 0.1) is 0 Å². The van der Waals surface area contributed by atoms with Crippen LogP contribution in [0.25, 0.3) is 0 Å². The summed E-state index contributed by atoms with van der Waals surface area (Å²) in [6.45, 7) is 2.69. The highest BCUT2D eigenvalue weighted by molar-refractivity contribution is 6.07. The molecule has 0 bridgehead atoms. The van der Waals surface area contributed by atoms with Crippen LogP contribution < -0.4 is 4.90 Å². The van der Waals surface area contributed by atoms with Crippen LogP contribution in [0.3, 0.4) is 0 Å². The van der Waals surface area contributed by atoms with Crippen molar-refractivity contribution in [3.8, 4) is 0 Å². The molecule has 0 radical (unpaired) electrons. The first-order valence-corrected chi connectivity index (χ1v) is 7.97. The van der Waals surface area contributed by atoms with E-state index in [0.29, 0.717) is 24.2 Å². The summed E-state index contributed by atoms with van der Waals surface area (Å²) in [4.78, 5) is 28.2. The van der Waals surface area contributed by atoms with Gasteiger partial charge in [0.1, 0.15) is 12.5 Å². The molecule has 2 aromatic rings. The summed E-state index contributed by atoms with van der Waals surface area (Å²) in [5.74, 6) is -0.515. The lowest BCUT2D eigenvalue weighted by molar-refractivity contribution is -0.127. The summed E-state index contributed by atoms with van der Waals surface area (Å²) in [7, 11) is 0. The average Bonchev–Trinajstić information content (AvgIpc) is 2.98. The van der Waals surface area contributed by atoms with Crippen molar-refractivity contribution < 1.29 is 14.0 Å². The molecule has 1 saturated heterocycles. The zero-order valence-electron chi connectivity index (χ0n) is 13.5. The number of carbonyl (C=O) groups is 2. The molecule has 0 unspecified atom stereocenters. The van der Waals surface area contributed by atoms with E-state index in [1.165, 1.54) is 17.0 Å². The van der Waals surface area contributed by atoms with Crippen LogP contribution in [0.5, 0.6) is 0 Å². The molecule has 2 amide bonds. The zero-order valence-corrected chi connectivity index (χ0v) is 13.5. The number of aryl methyl sites for hydroxylation is 1. The minimum Gasteiger partial charge on any atom is -0.324 e. The van der Waals surface area contributed by atoms with Crippen LogP contribution in [0.1, 0.15) is 28.8 Å². The smallest absolute Gasteiger partial charge is 0.260 e. The summed E-state index contributed by atoms with van der Waals surface area (Å²) in [5, 5.41) is 0. The van der Waals surface area contributed by atoms with Crippen molar-refractivity contribution in [3.63, 3.8) is 0 Å². The predicted molar refractivity (Wildman–Crippen MR) is 90.2 cm³/mol. The molecule has 124 valence electrons. The van der Waals surface area contributed by atoms with Crippen LogP contribution in [-0.2, 0) is 4.79 Å². The highest BCUT2D eigenvalue weighted by Crippen LogP contribution is 2.22. The molecule has 0 spiro atoms. The van der Waals surface area contributed by atoms with Gasteiger partial charge in [-0.25, -0.2) is 4.39 Å². The van der Waals surface area contributed by atoms with Gasteiger partial charge in [-0.3, -0.25) is 14.5 Å². The minimum absolute atomic E-state index is 0.0414. The molecule has 1 aliphatic rings. The van der Waals surface area contributed by atoms with Gasteiger partial charge in [-0.2, -0.15) is 0 Å². The minimum atomic E-state index is -0.362. The molecule has 0 saturated carbocycles. The number of rotatable bonds is 4. The lowest BCUT2D eigenvalue weighted by Crippen LogP contribution is -2.42. The molecule has 1 aliphatic heterocycles. The average molecular weight is 326 g/mol. The maximum atomic E-state index is 13.2. The van der Waals surface area contributed by atoms with Gasteiger partial charge in [0, 0.05) is 24.2 Å². The lowest BCUT2D eigenvalue weighted by Gasteiger charge is -2.28. The quantitative estimate of drug-likeness (QED) is 0.864. The highest BCUT2D eigenvalue weighted by Gasteiger charge is 2.26. The van der Waals surface area contributed by atoms with Crippen molar-refractivity contribution in [2.24, 2.45) is 0 Å². The number of benzene rings is 2. The molecular weight excluding hydrogens is 307 g/mol. The standard InChI is InChI=1S/C19H19FN2O2/c1-14-5-2-3-6-17(14)19(24)22(13-21-12-4-7-18(21)23)16-10-8-15(20)9-11-16/h2-3,5-6,8-11H,4,7,12-13H2,1H3. The van der Waals surface area contributed by atoms with Crippen molar-refractivity contribution in [2.45, 2.75) is 19.8 Å². The predicted octanol–water partition coefficient (Wildman–Crippen LogP) is 3.36. The van der Waals surface area contributed by atoms with Crippen LogP contribution in [0.4, 0.5) is 10.1 Å². The SMILES string of the molecule is Cc1ccccc1C(=O)N(CN1CCCC1=O)c1ccc(F)cc1. The first kappa shape index (κ1) is 16.2. The summed E-state index contributed by atoms with van der Waals surface area (Å²) < 4.78 is 13.2. The molecule has 3 rings (SSSR count). The molecule has 0 N–H and O–H groups in total. The van der Waals surface area contributed by atoms with E-state index in [2.05, 4.69) is 0 Å².